The molecular weight excluding hydrogens is 368 g/mol. The Morgan fingerprint density at radius 2 is 1.62 bits per heavy atom. The van der Waals surface area contributed by atoms with Crippen LogP contribution in [-0.4, -0.2) is 28.1 Å². The third-order valence-electron chi connectivity index (χ3n) is 4.83. The molecule has 5 nitrogen and oxygen atoms in total. The first-order valence-corrected chi connectivity index (χ1v) is 9.41. The van der Waals surface area contributed by atoms with Crippen LogP contribution in [0.4, 0.5) is 0 Å². The lowest BCUT2D eigenvalue weighted by molar-refractivity contribution is -0.136. The van der Waals surface area contributed by atoms with Crippen LogP contribution >= 0.6 is 0 Å². The molecule has 0 saturated heterocycles. The molecular formula is C24H24O5. The Morgan fingerprint density at radius 1 is 0.897 bits per heavy atom. The van der Waals surface area contributed by atoms with E-state index in [0.29, 0.717) is 12.2 Å². The summed E-state index contributed by atoms with van der Waals surface area (Å²) in [5.74, 6) is -0.398. The van der Waals surface area contributed by atoms with Gasteiger partial charge in [-0.3, -0.25) is 4.79 Å². The molecule has 0 fully saturated rings. The molecule has 0 aliphatic rings. The van der Waals surface area contributed by atoms with E-state index in [1.807, 2.05) is 49.4 Å². The molecule has 3 aromatic carbocycles. The maximum Gasteiger partial charge on any atom is 0.303 e. The largest absolute Gasteiger partial charge is 0.481 e. The van der Waals surface area contributed by atoms with Crippen LogP contribution in [0.3, 0.4) is 0 Å². The summed E-state index contributed by atoms with van der Waals surface area (Å²) in [6.07, 6.45) is 0.325. The van der Waals surface area contributed by atoms with E-state index in [-0.39, 0.29) is 13.0 Å². The molecule has 0 spiro atoms. The smallest absolute Gasteiger partial charge is 0.303 e. The first-order chi connectivity index (χ1) is 14.0. The van der Waals surface area contributed by atoms with Crippen molar-refractivity contribution in [3.63, 3.8) is 0 Å². The van der Waals surface area contributed by atoms with Crippen molar-refractivity contribution < 1.29 is 24.9 Å². The Bertz CT molecular complexity index is 1010. The van der Waals surface area contributed by atoms with Gasteiger partial charge in [-0.2, -0.15) is 0 Å². The molecule has 29 heavy (non-hydrogen) atoms. The van der Waals surface area contributed by atoms with Crippen molar-refractivity contribution in [3.8, 4) is 28.0 Å². The third-order valence-corrected chi connectivity index (χ3v) is 4.83. The van der Waals surface area contributed by atoms with Gasteiger partial charge in [0.05, 0.1) is 6.61 Å². The van der Waals surface area contributed by atoms with Crippen LogP contribution < -0.4 is 4.74 Å². The van der Waals surface area contributed by atoms with Gasteiger partial charge in [0, 0.05) is 6.42 Å². The number of hydrogen-bond acceptors (Lipinski definition) is 4. The summed E-state index contributed by atoms with van der Waals surface area (Å²) in [6.45, 7) is 1.48. The van der Waals surface area contributed by atoms with Crippen molar-refractivity contribution in [1.82, 2.24) is 0 Å². The molecule has 5 heteroatoms. The van der Waals surface area contributed by atoms with Crippen LogP contribution in [0, 0.1) is 6.92 Å². The van der Waals surface area contributed by atoms with Gasteiger partial charge >= 0.3 is 5.97 Å². The predicted octanol–water partition coefficient (Wildman–Crippen LogP) is 4.17. The summed E-state index contributed by atoms with van der Waals surface area (Å²) in [7, 11) is 0. The summed E-state index contributed by atoms with van der Waals surface area (Å²) in [4.78, 5) is 11.1. The highest BCUT2D eigenvalue weighted by molar-refractivity contribution is 5.76. The van der Waals surface area contributed by atoms with E-state index in [1.54, 1.807) is 12.1 Å². The molecule has 0 bridgehead atoms. The second-order valence-electron chi connectivity index (χ2n) is 6.89. The van der Waals surface area contributed by atoms with Crippen molar-refractivity contribution in [2.45, 2.75) is 26.4 Å². The standard InChI is InChI=1S/C24H24O5/c1-16-3-2-4-17(11-16)23-8-5-18(12-20(23)14-25)22-9-7-21(29-15-26)13-19(22)6-10-24(27)28/h2-5,7-9,11-13,25-26H,6,10,14-15H2,1H3,(H,27,28). The lowest BCUT2D eigenvalue weighted by atomic mass is 9.91. The number of aliphatic carboxylic acids is 1. The SMILES string of the molecule is Cc1cccc(-c2ccc(-c3ccc(OCO)cc3CCC(=O)O)cc2CO)c1. The Balaban J connectivity index is 2.04. The van der Waals surface area contributed by atoms with E-state index in [4.69, 9.17) is 14.9 Å². The van der Waals surface area contributed by atoms with Gasteiger partial charge in [-0.25, -0.2) is 0 Å². The quantitative estimate of drug-likeness (QED) is 0.501. The fourth-order valence-corrected chi connectivity index (χ4v) is 3.45. The average Bonchev–Trinajstić information content (AvgIpc) is 2.72. The van der Waals surface area contributed by atoms with Crippen LogP contribution in [0.2, 0.25) is 0 Å². The Morgan fingerprint density at radius 3 is 2.31 bits per heavy atom. The number of carboxylic acids is 1. The van der Waals surface area contributed by atoms with Gasteiger partial charge in [-0.15, -0.1) is 0 Å². The van der Waals surface area contributed by atoms with Crippen LogP contribution in [0.15, 0.2) is 60.7 Å². The summed E-state index contributed by atoms with van der Waals surface area (Å²) >= 11 is 0. The molecule has 3 N–H and O–H groups in total. The molecule has 3 rings (SSSR count). The average molecular weight is 392 g/mol. The van der Waals surface area contributed by atoms with E-state index < -0.39 is 12.8 Å². The second kappa shape index (κ2) is 9.37. The molecule has 150 valence electrons. The van der Waals surface area contributed by atoms with Crippen molar-refractivity contribution in [1.29, 1.82) is 0 Å². The summed E-state index contributed by atoms with van der Waals surface area (Å²) < 4.78 is 5.15. The van der Waals surface area contributed by atoms with Crippen molar-refractivity contribution in [2.24, 2.45) is 0 Å². The first-order valence-electron chi connectivity index (χ1n) is 9.41. The van der Waals surface area contributed by atoms with E-state index >= 15 is 0 Å². The highest BCUT2D eigenvalue weighted by Crippen LogP contribution is 2.33. The second-order valence-corrected chi connectivity index (χ2v) is 6.89. The molecule has 0 heterocycles. The number of hydrogen-bond donors (Lipinski definition) is 3. The van der Waals surface area contributed by atoms with E-state index in [0.717, 1.165) is 38.9 Å². The summed E-state index contributed by atoms with van der Waals surface area (Å²) in [5, 5.41) is 28.0. The van der Waals surface area contributed by atoms with Crippen LogP contribution in [0.25, 0.3) is 22.3 Å². The summed E-state index contributed by atoms with van der Waals surface area (Å²) in [5.41, 5.74) is 6.53. The maximum absolute atomic E-state index is 11.1. The Hall–Kier alpha value is -3.15. The van der Waals surface area contributed by atoms with Gasteiger partial charge in [0.15, 0.2) is 6.79 Å². The van der Waals surface area contributed by atoms with Gasteiger partial charge < -0.3 is 20.1 Å². The topological polar surface area (TPSA) is 87.0 Å². The minimum absolute atomic E-state index is 0.0101. The van der Waals surface area contributed by atoms with Gasteiger partial charge in [0.1, 0.15) is 5.75 Å². The number of aliphatic hydroxyl groups excluding tert-OH is 2. The first kappa shape index (κ1) is 20.6. The fraction of sp³-hybridized carbons (Fsp3) is 0.208. The third kappa shape index (κ3) is 5.02. The number of aryl methyl sites for hydroxylation is 2. The Kier molecular flexibility index (Phi) is 6.65. The normalized spacial score (nSPS) is 10.7. The van der Waals surface area contributed by atoms with Gasteiger partial charge in [-0.1, -0.05) is 48.0 Å². The van der Waals surface area contributed by atoms with Crippen LogP contribution in [0.5, 0.6) is 5.75 Å². The molecule has 3 aromatic rings. The zero-order valence-corrected chi connectivity index (χ0v) is 16.3. The zero-order chi connectivity index (χ0) is 20.8. The zero-order valence-electron chi connectivity index (χ0n) is 16.3. The number of benzene rings is 3. The molecule has 0 aliphatic carbocycles. The fourth-order valence-electron chi connectivity index (χ4n) is 3.45. The molecule has 0 atom stereocenters. The molecule has 0 aromatic heterocycles. The maximum atomic E-state index is 11.1. The number of carboxylic acid groups (broad SMARTS) is 1. The van der Waals surface area contributed by atoms with Crippen molar-refractivity contribution >= 4 is 5.97 Å². The van der Waals surface area contributed by atoms with Gasteiger partial charge in [0.2, 0.25) is 0 Å². The van der Waals surface area contributed by atoms with Crippen molar-refractivity contribution in [2.75, 3.05) is 6.79 Å². The van der Waals surface area contributed by atoms with Crippen LogP contribution in [-0.2, 0) is 17.8 Å². The number of aliphatic hydroxyl groups is 2. The van der Waals surface area contributed by atoms with Gasteiger partial charge in [-0.05, 0) is 64.9 Å². The van der Waals surface area contributed by atoms with E-state index in [9.17, 15) is 9.90 Å². The molecule has 0 radical (unpaired) electrons. The van der Waals surface area contributed by atoms with E-state index in [1.165, 1.54) is 0 Å². The minimum atomic E-state index is -0.879. The summed E-state index contributed by atoms with van der Waals surface area (Å²) in [6, 6.07) is 19.3. The van der Waals surface area contributed by atoms with Crippen molar-refractivity contribution in [3.05, 3.63) is 77.4 Å². The number of carbonyl (C=O) groups is 1. The number of rotatable bonds is 8. The molecule has 0 amide bonds. The molecule has 0 unspecified atom stereocenters. The predicted molar refractivity (Wildman–Crippen MR) is 112 cm³/mol. The molecule has 0 aliphatic heterocycles. The lowest BCUT2D eigenvalue weighted by Crippen LogP contribution is -2.01. The Labute approximate surface area is 169 Å². The van der Waals surface area contributed by atoms with Crippen LogP contribution in [0.1, 0.15) is 23.1 Å². The highest BCUT2D eigenvalue weighted by atomic mass is 16.6. The highest BCUT2D eigenvalue weighted by Gasteiger charge is 2.12. The van der Waals surface area contributed by atoms with E-state index in [2.05, 4.69) is 6.07 Å². The van der Waals surface area contributed by atoms with Gasteiger partial charge in [0.25, 0.3) is 0 Å². The molecule has 0 saturated carbocycles. The monoisotopic (exact) mass is 392 g/mol. The lowest BCUT2D eigenvalue weighted by Gasteiger charge is -2.15. The number of ether oxygens (including phenoxy) is 1. The minimum Gasteiger partial charge on any atom is -0.481 e.